The largest absolute Gasteiger partial charge is 0.467 e. The summed E-state index contributed by atoms with van der Waals surface area (Å²) in [5.74, 6) is 1.53. The minimum absolute atomic E-state index is 0.238. The Morgan fingerprint density at radius 3 is 2.67 bits per heavy atom. The van der Waals surface area contributed by atoms with Crippen LogP contribution in [0.15, 0.2) is 52.1 Å². The lowest BCUT2D eigenvalue weighted by Gasteiger charge is -2.19. The molecule has 1 fully saturated rings. The Bertz CT molecular complexity index is 741. The predicted molar refractivity (Wildman–Crippen MR) is 97.2 cm³/mol. The van der Waals surface area contributed by atoms with E-state index in [9.17, 15) is 13.2 Å². The topological polar surface area (TPSA) is 52.8 Å². The lowest BCUT2D eigenvalue weighted by Crippen LogP contribution is -2.44. The third-order valence-corrected chi connectivity index (χ3v) is 4.53. The van der Waals surface area contributed by atoms with E-state index >= 15 is 0 Å². The van der Waals surface area contributed by atoms with Crippen molar-refractivity contribution in [1.82, 2.24) is 15.5 Å². The molecule has 1 aliphatic heterocycles. The van der Waals surface area contributed by atoms with Crippen molar-refractivity contribution in [3.8, 4) is 0 Å². The SMILES string of the molecule is CN=C(NCc1ccco1)NC1CCN(Cc2ccc(C(F)(F)F)cc2)C1. The second-order valence-corrected chi connectivity index (χ2v) is 6.56. The highest BCUT2D eigenvalue weighted by atomic mass is 19.4. The molecule has 1 aliphatic rings. The van der Waals surface area contributed by atoms with Crippen LogP contribution in [-0.2, 0) is 19.3 Å². The van der Waals surface area contributed by atoms with Crippen molar-refractivity contribution >= 4 is 5.96 Å². The number of alkyl halides is 3. The summed E-state index contributed by atoms with van der Waals surface area (Å²) in [5.41, 5.74) is 0.266. The Balaban J connectivity index is 1.46. The molecule has 1 aromatic carbocycles. The van der Waals surface area contributed by atoms with Crippen molar-refractivity contribution in [3.63, 3.8) is 0 Å². The average Bonchev–Trinajstić information content (AvgIpc) is 3.30. The fourth-order valence-electron chi connectivity index (χ4n) is 3.12. The molecule has 2 aromatic rings. The van der Waals surface area contributed by atoms with Crippen LogP contribution >= 0.6 is 0 Å². The smallest absolute Gasteiger partial charge is 0.416 e. The fraction of sp³-hybridized carbons (Fsp3) is 0.421. The molecule has 0 aliphatic carbocycles. The number of furan rings is 1. The highest BCUT2D eigenvalue weighted by Gasteiger charge is 2.30. The lowest BCUT2D eigenvalue weighted by molar-refractivity contribution is -0.137. The van der Waals surface area contributed by atoms with Crippen LogP contribution in [0.2, 0.25) is 0 Å². The molecule has 0 amide bonds. The summed E-state index contributed by atoms with van der Waals surface area (Å²) in [7, 11) is 1.71. The molecule has 1 unspecified atom stereocenters. The second-order valence-electron chi connectivity index (χ2n) is 6.56. The number of nitrogens with one attached hydrogen (secondary N) is 2. The van der Waals surface area contributed by atoms with E-state index in [0.717, 1.165) is 43.0 Å². The molecule has 3 rings (SSSR count). The Morgan fingerprint density at radius 1 is 1.26 bits per heavy atom. The van der Waals surface area contributed by atoms with Gasteiger partial charge >= 0.3 is 6.18 Å². The van der Waals surface area contributed by atoms with Crippen LogP contribution in [0.25, 0.3) is 0 Å². The summed E-state index contributed by atoms with van der Waals surface area (Å²) in [4.78, 5) is 6.44. The zero-order valence-electron chi connectivity index (χ0n) is 15.1. The van der Waals surface area contributed by atoms with E-state index in [0.29, 0.717) is 19.0 Å². The molecular weight excluding hydrogens is 357 g/mol. The zero-order valence-corrected chi connectivity index (χ0v) is 15.1. The summed E-state index contributed by atoms with van der Waals surface area (Å²) >= 11 is 0. The van der Waals surface area contributed by atoms with Crippen LogP contribution in [0.4, 0.5) is 13.2 Å². The van der Waals surface area contributed by atoms with E-state index in [-0.39, 0.29) is 6.04 Å². The van der Waals surface area contributed by atoms with Crippen LogP contribution in [0.1, 0.15) is 23.3 Å². The van der Waals surface area contributed by atoms with Crippen molar-refractivity contribution in [2.45, 2.75) is 31.7 Å². The minimum Gasteiger partial charge on any atom is -0.467 e. The first-order chi connectivity index (χ1) is 12.9. The molecule has 0 spiro atoms. The van der Waals surface area contributed by atoms with Gasteiger partial charge in [0.15, 0.2) is 5.96 Å². The predicted octanol–water partition coefficient (Wildman–Crippen LogP) is 3.24. The molecule has 0 radical (unpaired) electrons. The fourth-order valence-corrected chi connectivity index (χ4v) is 3.12. The van der Waals surface area contributed by atoms with Crippen LogP contribution < -0.4 is 10.6 Å². The summed E-state index contributed by atoms with van der Waals surface area (Å²) in [5, 5.41) is 6.58. The quantitative estimate of drug-likeness (QED) is 0.618. The summed E-state index contributed by atoms with van der Waals surface area (Å²) in [6.07, 6.45) is -1.72. The Hall–Kier alpha value is -2.48. The summed E-state index contributed by atoms with van der Waals surface area (Å²) in [6.45, 7) is 2.87. The highest BCUT2D eigenvalue weighted by molar-refractivity contribution is 5.79. The van der Waals surface area contributed by atoms with Gasteiger partial charge in [-0.3, -0.25) is 9.89 Å². The molecule has 1 atom stereocenters. The Labute approximate surface area is 156 Å². The number of likely N-dealkylation sites (tertiary alicyclic amines) is 1. The van der Waals surface area contributed by atoms with Crippen molar-refractivity contribution in [2.24, 2.45) is 4.99 Å². The van der Waals surface area contributed by atoms with Crippen LogP contribution in [-0.4, -0.2) is 37.0 Å². The molecule has 8 heteroatoms. The van der Waals surface area contributed by atoms with Crippen LogP contribution in [0, 0.1) is 0 Å². The normalized spacial score (nSPS) is 18.7. The van der Waals surface area contributed by atoms with Gasteiger partial charge < -0.3 is 15.1 Å². The second kappa shape index (κ2) is 8.47. The minimum atomic E-state index is -4.29. The van der Waals surface area contributed by atoms with Gasteiger partial charge in [-0.15, -0.1) is 0 Å². The van der Waals surface area contributed by atoms with Crippen molar-refractivity contribution < 1.29 is 17.6 Å². The van der Waals surface area contributed by atoms with Gasteiger partial charge in [0.25, 0.3) is 0 Å². The third kappa shape index (κ3) is 5.50. The number of benzene rings is 1. The van der Waals surface area contributed by atoms with Crippen LogP contribution in [0.5, 0.6) is 0 Å². The number of aliphatic imine (C=N–C) groups is 1. The maximum absolute atomic E-state index is 12.6. The Morgan fingerprint density at radius 2 is 2.04 bits per heavy atom. The van der Waals surface area contributed by atoms with E-state index in [1.54, 1.807) is 25.4 Å². The molecule has 0 saturated carbocycles. The highest BCUT2D eigenvalue weighted by Crippen LogP contribution is 2.29. The summed E-state index contributed by atoms with van der Waals surface area (Å²) in [6, 6.07) is 9.34. The maximum Gasteiger partial charge on any atom is 0.416 e. The number of guanidine groups is 1. The number of halogens is 3. The van der Waals surface area contributed by atoms with Gasteiger partial charge in [0.1, 0.15) is 5.76 Å². The van der Waals surface area contributed by atoms with Crippen molar-refractivity contribution in [1.29, 1.82) is 0 Å². The number of hydrogen-bond acceptors (Lipinski definition) is 3. The number of rotatable bonds is 5. The van der Waals surface area contributed by atoms with Crippen molar-refractivity contribution in [3.05, 3.63) is 59.5 Å². The van der Waals surface area contributed by atoms with Crippen molar-refractivity contribution in [2.75, 3.05) is 20.1 Å². The van der Waals surface area contributed by atoms with E-state index < -0.39 is 11.7 Å². The molecule has 2 heterocycles. The van der Waals surface area contributed by atoms with Crippen LogP contribution in [0.3, 0.4) is 0 Å². The van der Waals surface area contributed by atoms with E-state index in [2.05, 4.69) is 20.5 Å². The first-order valence-corrected chi connectivity index (χ1v) is 8.82. The van der Waals surface area contributed by atoms with Gasteiger partial charge in [-0.1, -0.05) is 12.1 Å². The van der Waals surface area contributed by atoms with E-state index in [1.165, 1.54) is 0 Å². The molecule has 2 N–H and O–H groups in total. The third-order valence-electron chi connectivity index (χ3n) is 4.53. The van der Waals surface area contributed by atoms with E-state index in [1.807, 2.05) is 12.1 Å². The standard InChI is InChI=1S/C19H23F3N4O/c1-23-18(24-11-17-3-2-10-27-17)25-16-8-9-26(13-16)12-14-4-6-15(7-5-14)19(20,21)22/h2-7,10,16H,8-9,11-13H2,1H3,(H2,23,24,25). The van der Waals surface area contributed by atoms with Gasteiger partial charge in [0.2, 0.25) is 0 Å². The first-order valence-electron chi connectivity index (χ1n) is 8.82. The van der Waals surface area contributed by atoms with E-state index in [4.69, 9.17) is 4.42 Å². The molecule has 5 nitrogen and oxygen atoms in total. The number of hydrogen-bond donors (Lipinski definition) is 2. The van der Waals surface area contributed by atoms with Gasteiger partial charge in [-0.2, -0.15) is 13.2 Å². The monoisotopic (exact) mass is 380 g/mol. The maximum atomic E-state index is 12.6. The first kappa shape index (κ1) is 19.3. The zero-order chi connectivity index (χ0) is 19.3. The molecule has 0 bridgehead atoms. The average molecular weight is 380 g/mol. The summed E-state index contributed by atoms with van der Waals surface area (Å²) < 4.78 is 43.2. The molecule has 146 valence electrons. The molecule has 27 heavy (non-hydrogen) atoms. The molecule has 1 aromatic heterocycles. The molecule has 1 saturated heterocycles. The van der Waals surface area contributed by atoms with Gasteiger partial charge in [0, 0.05) is 32.7 Å². The van der Waals surface area contributed by atoms with Gasteiger partial charge in [0.05, 0.1) is 18.4 Å². The molecular formula is C19H23F3N4O. The van der Waals surface area contributed by atoms with Gasteiger partial charge in [-0.25, -0.2) is 0 Å². The Kier molecular flexibility index (Phi) is 6.05. The number of nitrogens with zero attached hydrogens (tertiary/aromatic N) is 2. The van der Waals surface area contributed by atoms with Gasteiger partial charge in [-0.05, 0) is 36.2 Å². The lowest BCUT2D eigenvalue weighted by atomic mass is 10.1.